The predicted molar refractivity (Wildman–Crippen MR) is 77.5 cm³/mol. The van der Waals surface area contributed by atoms with E-state index in [1.807, 2.05) is 6.92 Å². The summed E-state index contributed by atoms with van der Waals surface area (Å²) < 4.78 is 5.04. The van der Waals surface area contributed by atoms with E-state index in [0.717, 1.165) is 18.7 Å². The summed E-state index contributed by atoms with van der Waals surface area (Å²) in [6.45, 7) is 11.5. The fourth-order valence-corrected chi connectivity index (χ4v) is 1.48. The third-order valence-corrected chi connectivity index (χ3v) is 2.34. The van der Waals surface area contributed by atoms with Gasteiger partial charge in [0.05, 0.1) is 0 Å². The lowest BCUT2D eigenvalue weighted by molar-refractivity contribution is -0.139. The molecule has 1 amide bonds. The lowest BCUT2D eigenvalue weighted by atomic mass is 10.1. The van der Waals surface area contributed by atoms with Crippen molar-refractivity contribution in [3.8, 4) is 0 Å². The Morgan fingerprint density at radius 2 is 1.90 bits per heavy atom. The minimum atomic E-state index is -1.05. The van der Waals surface area contributed by atoms with Crippen LogP contribution >= 0.6 is 0 Å². The lowest BCUT2D eigenvalue weighted by Crippen LogP contribution is -2.43. The van der Waals surface area contributed by atoms with Gasteiger partial charge in [-0.25, -0.2) is 9.59 Å². The van der Waals surface area contributed by atoms with Crippen molar-refractivity contribution in [2.24, 2.45) is 0 Å². The maximum Gasteiger partial charge on any atom is 0.408 e. The minimum Gasteiger partial charge on any atom is -0.480 e. The van der Waals surface area contributed by atoms with E-state index in [9.17, 15) is 9.59 Å². The first-order valence-electron chi connectivity index (χ1n) is 6.73. The van der Waals surface area contributed by atoms with Crippen LogP contribution in [0.3, 0.4) is 0 Å². The summed E-state index contributed by atoms with van der Waals surface area (Å²) in [6, 6.07) is -0.922. The second-order valence-corrected chi connectivity index (χ2v) is 5.74. The molecule has 0 heterocycles. The Morgan fingerprint density at radius 1 is 1.30 bits per heavy atom. The molecule has 0 aliphatic carbocycles. The summed E-state index contributed by atoms with van der Waals surface area (Å²) in [7, 11) is 0. The van der Waals surface area contributed by atoms with Gasteiger partial charge < -0.3 is 20.5 Å². The summed E-state index contributed by atoms with van der Waals surface area (Å²) in [5, 5.41) is 14.5. The Kier molecular flexibility index (Phi) is 7.72. The first-order valence-corrected chi connectivity index (χ1v) is 6.73. The molecule has 0 radical (unpaired) electrons. The molecule has 6 heteroatoms. The van der Waals surface area contributed by atoms with E-state index in [0.29, 0.717) is 12.8 Å². The molecule has 0 saturated heterocycles. The fourth-order valence-electron chi connectivity index (χ4n) is 1.48. The summed E-state index contributed by atoms with van der Waals surface area (Å²) >= 11 is 0. The van der Waals surface area contributed by atoms with Crippen LogP contribution in [0.2, 0.25) is 0 Å². The summed E-state index contributed by atoms with van der Waals surface area (Å²) in [6.07, 6.45) is 1.16. The Bertz CT molecular complexity index is 348. The molecule has 20 heavy (non-hydrogen) atoms. The largest absolute Gasteiger partial charge is 0.480 e. The number of hydrogen-bond donors (Lipinski definition) is 3. The monoisotopic (exact) mass is 286 g/mol. The smallest absolute Gasteiger partial charge is 0.408 e. The van der Waals surface area contributed by atoms with Gasteiger partial charge in [-0.15, -0.1) is 0 Å². The van der Waals surface area contributed by atoms with Crippen LogP contribution in [-0.2, 0) is 9.53 Å². The number of carboxylic acids is 1. The van der Waals surface area contributed by atoms with Gasteiger partial charge in [0.2, 0.25) is 0 Å². The van der Waals surface area contributed by atoms with E-state index >= 15 is 0 Å². The number of alkyl carbamates (subject to hydrolysis) is 1. The maximum absolute atomic E-state index is 11.5. The molecule has 0 aromatic carbocycles. The van der Waals surface area contributed by atoms with Crippen molar-refractivity contribution >= 4 is 12.1 Å². The molecule has 0 rings (SSSR count). The van der Waals surface area contributed by atoms with Crippen LogP contribution in [0.25, 0.3) is 0 Å². The van der Waals surface area contributed by atoms with Crippen molar-refractivity contribution in [1.29, 1.82) is 0 Å². The first kappa shape index (κ1) is 18.3. The van der Waals surface area contributed by atoms with Gasteiger partial charge in [-0.3, -0.25) is 0 Å². The van der Waals surface area contributed by atoms with E-state index in [1.165, 1.54) is 0 Å². The highest BCUT2D eigenvalue weighted by atomic mass is 16.6. The number of carboxylic acid groups (broad SMARTS) is 1. The molecule has 0 saturated carbocycles. The van der Waals surface area contributed by atoms with Crippen molar-refractivity contribution in [3.05, 3.63) is 12.3 Å². The molecule has 0 bridgehead atoms. The normalized spacial score (nSPS) is 12.4. The molecule has 3 N–H and O–H groups in total. The molecule has 0 spiro atoms. The van der Waals surface area contributed by atoms with Crippen LogP contribution in [0.5, 0.6) is 0 Å². The molecule has 1 atom stereocenters. The first-order chi connectivity index (χ1) is 9.11. The number of aliphatic carboxylic acids is 1. The van der Waals surface area contributed by atoms with Gasteiger partial charge in [0.1, 0.15) is 11.6 Å². The Hall–Kier alpha value is -1.72. The molecule has 0 aliphatic rings. The molecule has 0 unspecified atom stereocenters. The number of ether oxygens (including phenoxy) is 1. The van der Waals surface area contributed by atoms with Crippen molar-refractivity contribution in [2.45, 2.75) is 58.6 Å². The molecule has 6 nitrogen and oxygen atoms in total. The fraction of sp³-hybridized carbons (Fsp3) is 0.714. The van der Waals surface area contributed by atoms with Crippen LogP contribution in [0.4, 0.5) is 4.79 Å². The quantitative estimate of drug-likeness (QED) is 0.596. The number of rotatable bonds is 8. The number of carbonyl (C=O) groups is 2. The molecular weight excluding hydrogens is 260 g/mol. The number of unbranched alkanes of at least 4 members (excludes halogenated alkanes) is 1. The highest BCUT2D eigenvalue weighted by molar-refractivity contribution is 5.79. The van der Waals surface area contributed by atoms with E-state index in [1.54, 1.807) is 20.8 Å². The highest BCUT2D eigenvalue weighted by Gasteiger charge is 2.23. The predicted octanol–water partition coefficient (Wildman–Crippen LogP) is 2.26. The number of allylic oxidation sites excluding steroid dienone is 1. The van der Waals surface area contributed by atoms with E-state index in [4.69, 9.17) is 9.84 Å². The highest BCUT2D eigenvalue weighted by Crippen LogP contribution is 2.08. The zero-order valence-electron chi connectivity index (χ0n) is 12.8. The van der Waals surface area contributed by atoms with Gasteiger partial charge in [0.25, 0.3) is 0 Å². The second kappa shape index (κ2) is 8.45. The van der Waals surface area contributed by atoms with Crippen molar-refractivity contribution in [3.63, 3.8) is 0 Å². The van der Waals surface area contributed by atoms with Crippen LogP contribution in [0, 0.1) is 0 Å². The zero-order valence-corrected chi connectivity index (χ0v) is 12.8. The Balaban J connectivity index is 4.08. The third-order valence-electron chi connectivity index (χ3n) is 2.34. The Labute approximate surface area is 120 Å². The van der Waals surface area contributed by atoms with Gasteiger partial charge in [0, 0.05) is 12.2 Å². The zero-order chi connectivity index (χ0) is 15.8. The third kappa shape index (κ3) is 10.2. The molecular formula is C14H26N2O4. The SMILES string of the molecule is C=C(C)NCCCC[C@@H](NC(=O)OC(C)(C)C)C(=O)O. The molecule has 116 valence electrons. The maximum atomic E-state index is 11.5. The minimum absolute atomic E-state index is 0.368. The van der Waals surface area contributed by atoms with Gasteiger partial charge in [-0.1, -0.05) is 6.58 Å². The van der Waals surface area contributed by atoms with Crippen LogP contribution < -0.4 is 10.6 Å². The molecule has 0 aliphatic heterocycles. The van der Waals surface area contributed by atoms with Gasteiger partial charge in [-0.2, -0.15) is 0 Å². The summed E-state index contributed by atoms with van der Waals surface area (Å²) in [4.78, 5) is 22.6. The number of amides is 1. The van der Waals surface area contributed by atoms with Crippen LogP contribution in [0.15, 0.2) is 12.3 Å². The van der Waals surface area contributed by atoms with E-state index < -0.39 is 23.7 Å². The van der Waals surface area contributed by atoms with Crippen molar-refractivity contribution in [2.75, 3.05) is 6.54 Å². The lowest BCUT2D eigenvalue weighted by Gasteiger charge is -2.22. The number of nitrogens with one attached hydrogen (secondary N) is 2. The molecule has 0 fully saturated rings. The van der Waals surface area contributed by atoms with Crippen LogP contribution in [0.1, 0.15) is 47.0 Å². The van der Waals surface area contributed by atoms with Crippen molar-refractivity contribution in [1.82, 2.24) is 10.6 Å². The average molecular weight is 286 g/mol. The van der Waals surface area contributed by atoms with Gasteiger partial charge in [0.15, 0.2) is 0 Å². The molecule has 0 aromatic heterocycles. The number of carbonyl (C=O) groups excluding carboxylic acids is 1. The van der Waals surface area contributed by atoms with Crippen LogP contribution in [-0.4, -0.2) is 35.4 Å². The summed E-state index contributed by atoms with van der Waals surface area (Å²) in [5.41, 5.74) is 0.241. The number of hydrogen-bond acceptors (Lipinski definition) is 4. The van der Waals surface area contributed by atoms with E-state index in [2.05, 4.69) is 17.2 Å². The van der Waals surface area contributed by atoms with E-state index in [-0.39, 0.29) is 0 Å². The Morgan fingerprint density at radius 3 is 2.35 bits per heavy atom. The van der Waals surface area contributed by atoms with Gasteiger partial charge >= 0.3 is 12.1 Å². The second-order valence-electron chi connectivity index (χ2n) is 5.74. The average Bonchev–Trinajstić information content (AvgIpc) is 2.23. The van der Waals surface area contributed by atoms with Gasteiger partial charge in [-0.05, 0) is 47.0 Å². The summed E-state index contributed by atoms with van der Waals surface area (Å²) in [5.74, 6) is -1.05. The molecule has 0 aromatic rings. The topological polar surface area (TPSA) is 87.7 Å². The standard InChI is InChI=1S/C14H26N2O4/c1-10(2)15-9-7-6-8-11(12(17)18)16-13(19)20-14(3,4)5/h11,15H,1,6-9H2,2-5H3,(H,16,19)(H,17,18)/t11-/m1/s1. The van der Waals surface area contributed by atoms with Crippen molar-refractivity contribution < 1.29 is 19.4 Å².